The number of hydrogen-bond acceptors (Lipinski definition) is 6. The van der Waals surface area contributed by atoms with Crippen molar-refractivity contribution in [3.8, 4) is 11.5 Å². The van der Waals surface area contributed by atoms with Gasteiger partial charge in [0.05, 0.1) is 13.0 Å². The average Bonchev–Trinajstić information content (AvgIpc) is 3.07. The zero-order valence-electron chi connectivity index (χ0n) is 14.2. The maximum atomic E-state index is 12.8. The van der Waals surface area contributed by atoms with Gasteiger partial charge in [-0.15, -0.1) is 0 Å². The van der Waals surface area contributed by atoms with E-state index in [9.17, 15) is 9.59 Å². The molecule has 1 aromatic carbocycles. The zero-order valence-corrected chi connectivity index (χ0v) is 14.2. The van der Waals surface area contributed by atoms with E-state index in [2.05, 4.69) is 0 Å². The second-order valence-corrected chi connectivity index (χ2v) is 5.59. The van der Waals surface area contributed by atoms with Gasteiger partial charge in [0.15, 0.2) is 11.5 Å². The molecule has 0 radical (unpaired) electrons. The minimum atomic E-state index is -0.407. The van der Waals surface area contributed by atoms with Crippen LogP contribution in [0.15, 0.2) is 18.2 Å². The van der Waals surface area contributed by atoms with Crippen molar-refractivity contribution in [1.29, 1.82) is 0 Å². The molecule has 1 atom stereocenters. The van der Waals surface area contributed by atoms with Crippen LogP contribution >= 0.6 is 0 Å². The second kappa shape index (κ2) is 8.54. The Labute approximate surface area is 141 Å². The van der Waals surface area contributed by atoms with E-state index in [0.29, 0.717) is 36.6 Å². The van der Waals surface area contributed by atoms with Crippen molar-refractivity contribution in [3.63, 3.8) is 0 Å². The number of carbonyl (C=O) groups is 2. The van der Waals surface area contributed by atoms with Crippen LogP contribution in [-0.4, -0.2) is 57.5 Å². The Morgan fingerprint density at radius 3 is 2.71 bits per heavy atom. The molecule has 1 heterocycles. The van der Waals surface area contributed by atoms with Crippen LogP contribution < -0.4 is 9.47 Å². The van der Waals surface area contributed by atoms with Crippen LogP contribution in [0.25, 0.3) is 0 Å². The molecule has 24 heavy (non-hydrogen) atoms. The van der Waals surface area contributed by atoms with Gasteiger partial charge in [0.25, 0.3) is 5.91 Å². The molecule has 0 N–H and O–H groups in total. The number of fused-ring (bicyclic) bond motifs is 1. The fourth-order valence-electron chi connectivity index (χ4n) is 2.49. The van der Waals surface area contributed by atoms with Crippen LogP contribution in [0.4, 0.5) is 0 Å². The van der Waals surface area contributed by atoms with Crippen LogP contribution in [-0.2, 0) is 14.3 Å². The first-order valence-corrected chi connectivity index (χ1v) is 7.82. The number of carbonyl (C=O) groups excluding carboxylic acids is 2. The fourth-order valence-corrected chi connectivity index (χ4v) is 2.49. The largest absolute Gasteiger partial charge is 0.469 e. The molecule has 0 aliphatic carbocycles. The molecule has 0 spiro atoms. The molecule has 1 aromatic rings. The third-order valence-corrected chi connectivity index (χ3v) is 3.78. The molecule has 1 aliphatic heterocycles. The molecule has 0 saturated carbocycles. The van der Waals surface area contributed by atoms with Crippen molar-refractivity contribution in [3.05, 3.63) is 23.8 Å². The first kappa shape index (κ1) is 18.1. The van der Waals surface area contributed by atoms with Gasteiger partial charge < -0.3 is 23.8 Å². The molecule has 0 aromatic heterocycles. The molecule has 0 fully saturated rings. The fraction of sp³-hybridized carbons (Fsp3) is 0.529. The summed E-state index contributed by atoms with van der Waals surface area (Å²) in [5.74, 6) is 0.264. The number of methoxy groups -OCH3 is 2. The number of nitrogens with zero attached hydrogens (tertiary/aromatic N) is 1. The number of rotatable bonds is 8. The lowest BCUT2D eigenvalue weighted by Gasteiger charge is -2.25. The van der Waals surface area contributed by atoms with Crippen LogP contribution in [0.5, 0.6) is 11.5 Å². The minimum Gasteiger partial charge on any atom is -0.469 e. The molecule has 0 saturated heterocycles. The Balaban J connectivity index is 2.12. The molecule has 2 rings (SSSR count). The predicted molar refractivity (Wildman–Crippen MR) is 86.1 cm³/mol. The zero-order chi connectivity index (χ0) is 17.5. The van der Waals surface area contributed by atoms with E-state index >= 15 is 0 Å². The van der Waals surface area contributed by atoms with Gasteiger partial charge in [-0.1, -0.05) is 6.92 Å². The number of ether oxygens (including phenoxy) is 4. The molecule has 132 valence electrons. The molecular weight excluding hydrogens is 314 g/mol. The molecular formula is C17H23NO6. The molecule has 1 amide bonds. The van der Waals surface area contributed by atoms with E-state index < -0.39 is 5.92 Å². The number of esters is 1. The van der Waals surface area contributed by atoms with Crippen LogP contribution in [0.2, 0.25) is 0 Å². The Hall–Kier alpha value is -2.28. The summed E-state index contributed by atoms with van der Waals surface area (Å²) in [6, 6.07) is 5.07. The normalized spacial score (nSPS) is 13.5. The Morgan fingerprint density at radius 2 is 2.00 bits per heavy atom. The summed E-state index contributed by atoms with van der Waals surface area (Å²) in [7, 11) is 2.95. The van der Waals surface area contributed by atoms with Crippen molar-refractivity contribution >= 4 is 11.9 Å². The maximum Gasteiger partial charge on any atom is 0.310 e. The highest BCUT2D eigenvalue weighted by atomic mass is 16.7. The summed E-state index contributed by atoms with van der Waals surface area (Å²) in [6.07, 6.45) is 0.681. The van der Waals surface area contributed by atoms with E-state index in [4.69, 9.17) is 18.9 Å². The number of benzene rings is 1. The van der Waals surface area contributed by atoms with Crippen LogP contribution in [0.3, 0.4) is 0 Å². The van der Waals surface area contributed by atoms with Crippen molar-refractivity contribution in [1.82, 2.24) is 4.90 Å². The van der Waals surface area contributed by atoms with E-state index in [0.717, 1.165) is 0 Å². The topological polar surface area (TPSA) is 74.3 Å². The lowest BCUT2D eigenvalue weighted by atomic mass is 10.1. The monoisotopic (exact) mass is 337 g/mol. The van der Waals surface area contributed by atoms with Gasteiger partial charge >= 0.3 is 5.97 Å². The summed E-state index contributed by atoms with van der Waals surface area (Å²) >= 11 is 0. The summed E-state index contributed by atoms with van der Waals surface area (Å²) in [4.78, 5) is 26.1. The maximum absolute atomic E-state index is 12.8. The molecule has 7 heteroatoms. The van der Waals surface area contributed by atoms with Crippen LogP contribution in [0, 0.1) is 5.92 Å². The minimum absolute atomic E-state index is 0.157. The summed E-state index contributed by atoms with van der Waals surface area (Å²) < 4.78 is 20.4. The smallest absolute Gasteiger partial charge is 0.310 e. The lowest BCUT2D eigenvalue weighted by Crippen LogP contribution is -2.38. The molecule has 1 aliphatic rings. The lowest BCUT2D eigenvalue weighted by molar-refractivity contribution is -0.145. The van der Waals surface area contributed by atoms with Crippen LogP contribution in [0.1, 0.15) is 23.7 Å². The first-order valence-electron chi connectivity index (χ1n) is 7.82. The van der Waals surface area contributed by atoms with Crippen molar-refractivity contribution < 1.29 is 28.5 Å². The Bertz CT molecular complexity index is 588. The second-order valence-electron chi connectivity index (χ2n) is 5.59. The highest BCUT2D eigenvalue weighted by molar-refractivity contribution is 5.95. The third-order valence-electron chi connectivity index (χ3n) is 3.78. The average molecular weight is 337 g/mol. The van der Waals surface area contributed by atoms with E-state index in [-0.39, 0.29) is 25.2 Å². The van der Waals surface area contributed by atoms with E-state index in [1.54, 1.807) is 37.1 Å². The number of hydrogen-bond donors (Lipinski definition) is 0. The highest BCUT2D eigenvalue weighted by Gasteiger charge is 2.24. The van der Waals surface area contributed by atoms with Crippen molar-refractivity contribution in [2.24, 2.45) is 5.92 Å². The summed E-state index contributed by atoms with van der Waals surface area (Å²) in [5, 5.41) is 0. The highest BCUT2D eigenvalue weighted by Crippen LogP contribution is 2.32. The van der Waals surface area contributed by atoms with Gasteiger partial charge in [-0.2, -0.15) is 0 Å². The molecule has 1 unspecified atom stereocenters. The number of amides is 1. The molecule has 7 nitrogen and oxygen atoms in total. The van der Waals surface area contributed by atoms with Crippen molar-refractivity contribution in [2.75, 3.05) is 40.7 Å². The quantitative estimate of drug-likeness (QED) is 0.531. The summed E-state index contributed by atoms with van der Waals surface area (Å²) in [6.45, 7) is 3.20. The van der Waals surface area contributed by atoms with E-state index in [1.165, 1.54) is 7.11 Å². The standard InChI is InChI=1S/C17H23NO6/c1-12(17(20)22-3)10-18(7-4-8-21-2)16(19)13-5-6-14-15(9-13)24-11-23-14/h5-6,9,12H,4,7-8,10-11H2,1-3H3. The summed E-state index contributed by atoms with van der Waals surface area (Å²) in [5.41, 5.74) is 0.494. The van der Waals surface area contributed by atoms with Gasteiger partial charge in [0.1, 0.15) is 0 Å². The van der Waals surface area contributed by atoms with E-state index in [1.807, 2.05) is 0 Å². The van der Waals surface area contributed by atoms with Gasteiger partial charge in [0.2, 0.25) is 6.79 Å². The van der Waals surface area contributed by atoms with Gasteiger partial charge in [0, 0.05) is 32.4 Å². The molecule has 0 bridgehead atoms. The third kappa shape index (κ3) is 4.38. The first-order chi connectivity index (χ1) is 11.6. The van der Waals surface area contributed by atoms with Gasteiger partial charge in [-0.05, 0) is 24.6 Å². The van der Waals surface area contributed by atoms with Gasteiger partial charge in [-0.3, -0.25) is 9.59 Å². The van der Waals surface area contributed by atoms with Gasteiger partial charge in [-0.25, -0.2) is 0 Å². The Kier molecular flexibility index (Phi) is 6.43. The van der Waals surface area contributed by atoms with Crippen molar-refractivity contribution in [2.45, 2.75) is 13.3 Å². The SMILES string of the molecule is COCCCN(CC(C)C(=O)OC)C(=O)c1ccc2c(c1)OCO2. The predicted octanol–water partition coefficient (Wildman–Crippen LogP) is 1.70. The Morgan fingerprint density at radius 1 is 1.25 bits per heavy atom.